The van der Waals surface area contributed by atoms with Crippen molar-refractivity contribution >= 4 is 5.97 Å². The van der Waals surface area contributed by atoms with Crippen LogP contribution in [0.15, 0.2) is 11.1 Å². The fourth-order valence-corrected chi connectivity index (χ4v) is 7.64. The summed E-state index contributed by atoms with van der Waals surface area (Å²) in [5.41, 5.74) is 0.983. The molecule has 0 aromatic carbocycles. The number of hydrogen-bond acceptors (Lipinski definition) is 6. The van der Waals surface area contributed by atoms with Crippen LogP contribution >= 0.6 is 0 Å². The molecule has 140 valence electrons. The normalized spacial score (nSPS) is 63.1. The van der Waals surface area contributed by atoms with Crippen LogP contribution in [-0.4, -0.2) is 59.4 Å². The zero-order chi connectivity index (χ0) is 17.8. The highest BCUT2D eigenvalue weighted by molar-refractivity contribution is 5.92. The van der Waals surface area contributed by atoms with E-state index in [1.54, 1.807) is 0 Å². The zero-order valence-corrected chi connectivity index (χ0v) is 15.2. The van der Waals surface area contributed by atoms with Crippen LogP contribution in [0.25, 0.3) is 0 Å². The smallest absolute Gasteiger partial charge is 0.334 e. The number of rotatable bonds is 1. The lowest BCUT2D eigenvalue weighted by Crippen LogP contribution is -2.65. The highest BCUT2D eigenvalue weighted by Gasteiger charge is 2.93. The molecule has 2 saturated carbocycles. The lowest BCUT2D eigenvalue weighted by molar-refractivity contribution is -0.136. The molecule has 26 heavy (non-hydrogen) atoms. The Balaban J connectivity index is 1.38. The van der Waals surface area contributed by atoms with Crippen LogP contribution in [0.1, 0.15) is 33.6 Å². The highest BCUT2D eigenvalue weighted by atomic mass is 16.7. The van der Waals surface area contributed by atoms with Gasteiger partial charge in [-0.05, 0) is 24.3 Å². The van der Waals surface area contributed by atoms with Crippen molar-refractivity contribution in [2.24, 2.45) is 23.2 Å². The van der Waals surface area contributed by atoms with E-state index in [1.807, 2.05) is 0 Å². The molecule has 4 aliphatic heterocycles. The average Bonchev–Trinajstić information content (AvgIpc) is 3.46. The summed E-state index contributed by atoms with van der Waals surface area (Å²) in [6.45, 7) is 6.92. The molecule has 0 bridgehead atoms. The molecule has 7 aliphatic rings. The van der Waals surface area contributed by atoms with Gasteiger partial charge in [0.05, 0.1) is 18.3 Å². The second-order valence-electron chi connectivity index (χ2n) is 9.89. The molecular weight excluding hydrogens is 336 g/mol. The first kappa shape index (κ1) is 15.0. The minimum atomic E-state index is -0.559. The van der Waals surface area contributed by atoms with Gasteiger partial charge in [-0.25, -0.2) is 4.79 Å². The summed E-state index contributed by atoms with van der Waals surface area (Å²) in [5.74, 6) is 0.204. The zero-order valence-electron chi connectivity index (χ0n) is 15.2. The summed E-state index contributed by atoms with van der Waals surface area (Å²) < 4.78 is 24.2. The van der Waals surface area contributed by atoms with Gasteiger partial charge < -0.3 is 24.1 Å². The number of cyclic esters (lactones) is 1. The van der Waals surface area contributed by atoms with Crippen molar-refractivity contribution in [3.8, 4) is 0 Å². The molecule has 4 heterocycles. The van der Waals surface area contributed by atoms with Gasteiger partial charge in [0.2, 0.25) is 0 Å². The van der Waals surface area contributed by atoms with Crippen LogP contribution in [0, 0.1) is 23.2 Å². The first-order chi connectivity index (χ1) is 12.4. The summed E-state index contributed by atoms with van der Waals surface area (Å²) in [4.78, 5) is 12.1. The van der Waals surface area contributed by atoms with E-state index in [-0.39, 0.29) is 53.6 Å². The van der Waals surface area contributed by atoms with E-state index in [2.05, 4.69) is 20.8 Å². The quantitative estimate of drug-likeness (QED) is 0.554. The van der Waals surface area contributed by atoms with E-state index in [1.165, 1.54) is 0 Å². The molecule has 3 saturated heterocycles. The molecule has 6 heteroatoms. The maximum Gasteiger partial charge on any atom is 0.334 e. The van der Waals surface area contributed by atoms with Crippen LogP contribution in [-0.2, 0) is 23.7 Å². The first-order valence-corrected chi connectivity index (χ1v) is 9.96. The van der Waals surface area contributed by atoms with Crippen molar-refractivity contribution in [1.29, 1.82) is 0 Å². The Morgan fingerprint density at radius 3 is 2.77 bits per heavy atom. The Hall–Kier alpha value is -0.950. The van der Waals surface area contributed by atoms with E-state index in [4.69, 9.17) is 18.9 Å². The topological polar surface area (TPSA) is 84.1 Å². The molecule has 7 rings (SSSR count). The number of aliphatic hydroxyl groups is 1. The SMILES string of the molecule is CC(C)[C@]12O[C@H]1[C@@H]1O[C@]13C([C@H]1O[C@H]1[C@H]1C4=C(CC[C@@]13C)C(=O)OC4)[C@@H]2O. The molecule has 0 radical (unpaired) electrons. The Labute approximate surface area is 151 Å². The number of esters is 1. The Morgan fingerprint density at radius 1 is 1.19 bits per heavy atom. The minimum absolute atomic E-state index is 0.00333. The molecular formula is C20H24O6. The third kappa shape index (κ3) is 1.24. The van der Waals surface area contributed by atoms with Crippen LogP contribution in [0.3, 0.4) is 0 Å². The summed E-state index contributed by atoms with van der Waals surface area (Å²) >= 11 is 0. The molecule has 3 aliphatic carbocycles. The van der Waals surface area contributed by atoms with E-state index in [0.717, 1.165) is 24.0 Å². The van der Waals surface area contributed by atoms with Crippen molar-refractivity contribution in [3.63, 3.8) is 0 Å². The van der Waals surface area contributed by atoms with Gasteiger partial charge in [-0.2, -0.15) is 0 Å². The minimum Gasteiger partial charge on any atom is -0.458 e. The Morgan fingerprint density at radius 2 is 2.00 bits per heavy atom. The number of aliphatic hydroxyl groups excluding tert-OH is 1. The molecule has 0 aromatic rings. The largest absolute Gasteiger partial charge is 0.458 e. The number of carbonyl (C=O) groups excluding carboxylic acids is 1. The number of epoxide rings is 3. The molecule has 1 unspecified atom stereocenters. The fraction of sp³-hybridized carbons (Fsp3) is 0.850. The standard InChI is InChI=1S/C20H24O6/c1-7(2)19-14(21)11-13-12(24-13)10-9-6-23-17(22)8(9)4-5-18(10,3)20(11)16(26-20)15(19)25-19/h7,10-16,21H,4-6H2,1-3H3/t10-,11?,12+,13-,14+,15+,16+,18+,19-,20-/m1/s1. The summed E-state index contributed by atoms with van der Waals surface area (Å²) in [6, 6.07) is 0. The first-order valence-electron chi connectivity index (χ1n) is 9.96. The van der Waals surface area contributed by atoms with Gasteiger partial charge in [-0.1, -0.05) is 20.8 Å². The maximum atomic E-state index is 12.1. The number of hydrogen-bond donors (Lipinski definition) is 1. The second-order valence-corrected chi connectivity index (χ2v) is 9.89. The van der Waals surface area contributed by atoms with Crippen LogP contribution in [0.4, 0.5) is 0 Å². The van der Waals surface area contributed by atoms with Crippen molar-refractivity contribution < 1.29 is 28.8 Å². The maximum absolute atomic E-state index is 12.1. The fourth-order valence-electron chi connectivity index (χ4n) is 7.64. The van der Waals surface area contributed by atoms with Gasteiger partial charge in [0, 0.05) is 22.8 Å². The lowest BCUT2D eigenvalue weighted by Gasteiger charge is -2.53. The summed E-state index contributed by atoms with van der Waals surface area (Å²) in [5, 5.41) is 11.4. The molecule has 0 amide bonds. The van der Waals surface area contributed by atoms with Gasteiger partial charge in [0.25, 0.3) is 0 Å². The predicted molar refractivity (Wildman–Crippen MR) is 87.0 cm³/mol. The molecule has 10 atom stereocenters. The van der Waals surface area contributed by atoms with E-state index in [9.17, 15) is 9.90 Å². The van der Waals surface area contributed by atoms with Crippen molar-refractivity contribution in [2.45, 2.75) is 75.3 Å². The van der Waals surface area contributed by atoms with Crippen LogP contribution in [0.5, 0.6) is 0 Å². The van der Waals surface area contributed by atoms with Crippen LogP contribution < -0.4 is 0 Å². The predicted octanol–water partition coefficient (Wildman–Crippen LogP) is 0.959. The third-order valence-corrected chi connectivity index (χ3v) is 8.97. The van der Waals surface area contributed by atoms with Crippen molar-refractivity contribution in [1.82, 2.24) is 0 Å². The third-order valence-electron chi connectivity index (χ3n) is 8.97. The van der Waals surface area contributed by atoms with Gasteiger partial charge in [-0.15, -0.1) is 0 Å². The lowest BCUT2D eigenvalue weighted by atomic mass is 9.47. The Bertz CT molecular complexity index is 804. The second kappa shape index (κ2) is 3.93. The average molecular weight is 360 g/mol. The van der Waals surface area contributed by atoms with Crippen LogP contribution in [0.2, 0.25) is 0 Å². The van der Waals surface area contributed by atoms with E-state index < -0.39 is 17.3 Å². The molecule has 0 aromatic heterocycles. The number of carbonyl (C=O) groups is 1. The summed E-state index contributed by atoms with van der Waals surface area (Å²) in [6.07, 6.45) is 1.13. The Kier molecular flexibility index (Phi) is 2.27. The van der Waals surface area contributed by atoms with Crippen molar-refractivity contribution in [2.75, 3.05) is 6.61 Å². The summed E-state index contributed by atoms with van der Waals surface area (Å²) in [7, 11) is 0. The van der Waals surface area contributed by atoms with Gasteiger partial charge in [0.1, 0.15) is 30.0 Å². The van der Waals surface area contributed by atoms with Crippen molar-refractivity contribution in [3.05, 3.63) is 11.1 Å². The molecule has 6 nitrogen and oxygen atoms in total. The van der Waals surface area contributed by atoms with Gasteiger partial charge >= 0.3 is 5.97 Å². The van der Waals surface area contributed by atoms with E-state index >= 15 is 0 Å². The monoisotopic (exact) mass is 360 g/mol. The van der Waals surface area contributed by atoms with E-state index in [0.29, 0.717) is 6.61 Å². The molecule has 1 N–H and O–H groups in total. The number of fused-ring (bicyclic) bond motifs is 7. The highest BCUT2D eigenvalue weighted by Crippen LogP contribution is 2.79. The molecule has 5 fully saturated rings. The van der Waals surface area contributed by atoms with Gasteiger partial charge in [-0.3, -0.25) is 0 Å². The number of ether oxygens (including phenoxy) is 4. The van der Waals surface area contributed by atoms with Gasteiger partial charge in [0.15, 0.2) is 0 Å². The molecule has 1 spiro atoms.